The second-order valence-electron chi connectivity index (χ2n) is 9.81. The smallest absolute Gasteiger partial charge is 0.361 e. The molecular formula is C24H27F3N6S2. The van der Waals surface area contributed by atoms with Gasteiger partial charge in [-0.15, -0.1) is 5.10 Å². The monoisotopic (exact) mass is 520 g/mol. The lowest BCUT2D eigenvalue weighted by molar-refractivity contribution is -0.0328. The normalized spacial score (nSPS) is 26.1. The predicted molar refractivity (Wildman–Crippen MR) is 132 cm³/mol. The highest BCUT2D eigenvalue weighted by molar-refractivity contribution is 8.00. The molecule has 0 spiro atoms. The van der Waals surface area contributed by atoms with Crippen molar-refractivity contribution in [1.82, 2.24) is 19.1 Å². The van der Waals surface area contributed by atoms with E-state index in [9.17, 15) is 13.2 Å². The molecule has 1 aromatic carbocycles. The van der Waals surface area contributed by atoms with Crippen molar-refractivity contribution >= 4 is 34.2 Å². The van der Waals surface area contributed by atoms with Crippen molar-refractivity contribution in [2.75, 3.05) is 23.3 Å². The molecule has 35 heavy (non-hydrogen) atoms. The quantitative estimate of drug-likeness (QED) is 0.422. The zero-order chi connectivity index (χ0) is 24.2. The zero-order valence-electron chi connectivity index (χ0n) is 19.3. The molecule has 1 N–H and O–H groups in total. The van der Waals surface area contributed by atoms with E-state index >= 15 is 0 Å². The zero-order valence-corrected chi connectivity index (χ0v) is 21.0. The average Bonchev–Trinajstić information content (AvgIpc) is 3.48. The van der Waals surface area contributed by atoms with Crippen LogP contribution in [0.3, 0.4) is 0 Å². The summed E-state index contributed by atoms with van der Waals surface area (Å²) in [7, 11) is 0. The first-order valence-corrected chi connectivity index (χ1v) is 13.7. The number of halogens is 3. The standard InChI is InChI=1S/C24H27F3N6S2/c1-14-11-20(35-31-14)32-12-16-4-5-17(13-32)21(16)28-23-29-22-19(3-2-10-33(22)30-23)15-6-8-18(9-7-15)34-24(25,26)27/h6-9,11,16-17,19,21H,2-5,10,12-13H2,1H3,(H,28,30). The van der Waals surface area contributed by atoms with Gasteiger partial charge in [-0.1, -0.05) is 12.1 Å². The second-order valence-corrected chi connectivity index (χ2v) is 11.7. The van der Waals surface area contributed by atoms with E-state index in [2.05, 4.69) is 20.7 Å². The third-order valence-electron chi connectivity index (χ3n) is 7.45. The highest BCUT2D eigenvalue weighted by atomic mass is 32.2. The summed E-state index contributed by atoms with van der Waals surface area (Å²) in [6.45, 7) is 4.90. The maximum atomic E-state index is 12.7. The highest BCUT2D eigenvalue weighted by Crippen LogP contribution is 2.42. The number of anilines is 2. The topological polar surface area (TPSA) is 58.9 Å². The van der Waals surface area contributed by atoms with Crippen molar-refractivity contribution in [2.24, 2.45) is 11.8 Å². The summed E-state index contributed by atoms with van der Waals surface area (Å²) in [5.41, 5.74) is -2.21. The Kier molecular flexibility index (Phi) is 5.95. The van der Waals surface area contributed by atoms with Gasteiger partial charge in [0.1, 0.15) is 10.8 Å². The van der Waals surface area contributed by atoms with Gasteiger partial charge in [-0.3, -0.25) is 0 Å². The Labute approximate surface area is 210 Å². The van der Waals surface area contributed by atoms with Crippen LogP contribution in [-0.2, 0) is 6.54 Å². The van der Waals surface area contributed by atoms with Crippen molar-refractivity contribution < 1.29 is 13.2 Å². The van der Waals surface area contributed by atoms with Crippen LogP contribution in [0.1, 0.15) is 48.7 Å². The summed E-state index contributed by atoms with van der Waals surface area (Å²) in [6, 6.07) is 9.25. The van der Waals surface area contributed by atoms with E-state index in [0.717, 1.165) is 49.6 Å². The SMILES string of the molecule is Cc1cc(N2CC3CCC(C2)C3Nc2nc3n(n2)CCCC3c2ccc(SC(F)(F)F)cc2)sn1. The van der Waals surface area contributed by atoms with Gasteiger partial charge in [0.15, 0.2) is 0 Å². The van der Waals surface area contributed by atoms with E-state index < -0.39 is 5.51 Å². The van der Waals surface area contributed by atoms with Gasteiger partial charge < -0.3 is 10.2 Å². The van der Waals surface area contributed by atoms with Crippen molar-refractivity contribution in [3.8, 4) is 0 Å². The number of fused-ring (bicyclic) bond motifs is 3. The molecule has 3 aromatic rings. The van der Waals surface area contributed by atoms with Gasteiger partial charge in [0, 0.05) is 36.5 Å². The number of benzene rings is 1. The number of nitrogens with zero attached hydrogens (tertiary/aromatic N) is 5. The third-order valence-corrected chi connectivity index (χ3v) is 9.13. The van der Waals surface area contributed by atoms with Crippen molar-refractivity contribution in [2.45, 2.75) is 61.5 Å². The van der Waals surface area contributed by atoms with E-state index in [1.807, 2.05) is 11.6 Å². The maximum Gasteiger partial charge on any atom is 0.446 e. The fourth-order valence-electron chi connectivity index (χ4n) is 5.92. The molecule has 2 aliphatic heterocycles. The van der Waals surface area contributed by atoms with Crippen molar-refractivity contribution in [1.29, 1.82) is 0 Å². The molecule has 2 bridgehead atoms. The molecule has 2 fully saturated rings. The van der Waals surface area contributed by atoms with Crippen LogP contribution in [0.2, 0.25) is 0 Å². The summed E-state index contributed by atoms with van der Waals surface area (Å²) < 4.78 is 44.5. The van der Waals surface area contributed by atoms with Crippen LogP contribution < -0.4 is 10.2 Å². The van der Waals surface area contributed by atoms with Gasteiger partial charge in [0.2, 0.25) is 5.95 Å². The first kappa shape index (κ1) is 23.1. The van der Waals surface area contributed by atoms with E-state index in [4.69, 9.17) is 10.1 Å². The molecule has 2 aromatic heterocycles. The van der Waals surface area contributed by atoms with Crippen LogP contribution in [0.5, 0.6) is 0 Å². The number of rotatable bonds is 5. The van der Waals surface area contributed by atoms with Crippen LogP contribution in [-0.4, -0.2) is 43.8 Å². The van der Waals surface area contributed by atoms with Gasteiger partial charge in [-0.25, -0.2) is 4.68 Å². The molecule has 3 aliphatic rings. The van der Waals surface area contributed by atoms with E-state index in [0.29, 0.717) is 23.8 Å². The van der Waals surface area contributed by atoms with Gasteiger partial charge in [-0.05, 0) is 91.5 Å². The molecule has 4 heterocycles. The minimum absolute atomic E-state index is 0.0462. The molecule has 6 nitrogen and oxygen atoms in total. The summed E-state index contributed by atoms with van der Waals surface area (Å²) in [6.07, 6.45) is 4.30. The fraction of sp³-hybridized carbons (Fsp3) is 0.542. The Morgan fingerprint density at radius 2 is 1.83 bits per heavy atom. The molecule has 1 saturated heterocycles. The van der Waals surface area contributed by atoms with E-state index in [1.165, 1.54) is 17.8 Å². The lowest BCUT2D eigenvalue weighted by atomic mass is 9.91. The first-order chi connectivity index (χ1) is 16.8. The Bertz CT molecular complexity index is 1180. The third kappa shape index (κ3) is 4.76. The largest absolute Gasteiger partial charge is 0.446 e. The lowest BCUT2D eigenvalue weighted by Crippen LogP contribution is -2.48. The predicted octanol–water partition coefficient (Wildman–Crippen LogP) is 5.91. The summed E-state index contributed by atoms with van der Waals surface area (Å²) in [5.74, 6) is 2.72. The number of aryl methyl sites for hydroxylation is 2. The summed E-state index contributed by atoms with van der Waals surface area (Å²) in [5, 5.41) is 9.72. The van der Waals surface area contributed by atoms with E-state index in [1.54, 1.807) is 35.8 Å². The Balaban J connectivity index is 1.17. The molecule has 6 rings (SSSR count). The summed E-state index contributed by atoms with van der Waals surface area (Å²) in [4.78, 5) is 7.58. The highest BCUT2D eigenvalue weighted by Gasteiger charge is 2.43. The number of hydrogen-bond acceptors (Lipinski definition) is 7. The molecule has 11 heteroatoms. The molecule has 186 valence electrons. The average molecular weight is 521 g/mol. The first-order valence-electron chi connectivity index (χ1n) is 12.1. The molecule has 3 atom stereocenters. The second kappa shape index (κ2) is 8.99. The minimum atomic E-state index is -4.28. The van der Waals surface area contributed by atoms with E-state index in [-0.39, 0.29) is 22.6 Å². The molecular weight excluding hydrogens is 493 g/mol. The number of hydrogen-bond donors (Lipinski definition) is 1. The molecule has 0 amide bonds. The van der Waals surface area contributed by atoms with Crippen LogP contribution in [0, 0.1) is 18.8 Å². The number of alkyl halides is 3. The molecule has 1 saturated carbocycles. The Hall–Kier alpha value is -2.27. The Morgan fingerprint density at radius 3 is 2.49 bits per heavy atom. The number of piperidine rings is 1. The summed E-state index contributed by atoms with van der Waals surface area (Å²) >= 11 is 1.51. The maximum absolute atomic E-state index is 12.7. The Morgan fingerprint density at radius 1 is 1.09 bits per heavy atom. The minimum Gasteiger partial charge on any atom is -0.361 e. The van der Waals surface area contributed by atoms with Crippen molar-refractivity contribution in [3.05, 3.63) is 47.4 Å². The number of thioether (sulfide) groups is 1. The van der Waals surface area contributed by atoms with Gasteiger partial charge in [-0.2, -0.15) is 22.5 Å². The number of aromatic nitrogens is 4. The molecule has 1 aliphatic carbocycles. The van der Waals surface area contributed by atoms with Gasteiger partial charge in [0.25, 0.3) is 0 Å². The van der Waals surface area contributed by atoms with Gasteiger partial charge in [0.05, 0.1) is 5.69 Å². The van der Waals surface area contributed by atoms with Crippen LogP contribution >= 0.6 is 23.3 Å². The fourth-order valence-corrected chi connectivity index (χ4v) is 7.23. The molecule has 3 unspecified atom stereocenters. The number of nitrogens with one attached hydrogen (secondary N) is 1. The van der Waals surface area contributed by atoms with Crippen LogP contribution in [0.15, 0.2) is 35.2 Å². The van der Waals surface area contributed by atoms with Gasteiger partial charge >= 0.3 is 5.51 Å². The lowest BCUT2D eigenvalue weighted by Gasteiger charge is -2.38. The van der Waals surface area contributed by atoms with Crippen LogP contribution in [0.4, 0.5) is 24.1 Å². The molecule has 0 radical (unpaired) electrons. The van der Waals surface area contributed by atoms with Crippen molar-refractivity contribution in [3.63, 3.8) is 0 Å². The van der Waals surface area contributed by atoms with Crippen LogP contribution in [0.25, 0.3) is 0 Å².